The van der Waals surface area contributed by atoms with Crippen LogP contribution in [0.1, 0.15) is 46.4 Å². The van der Waals surface area contributed by atoms with Gasteiger partial charge in [-0.3, -0.25) is 0 Å². The number of nitrogens with one attached hydrogen (secondary N) is 1. The summed E-state index contributed by atoms with van der Waals surface area (Å²) in [6, 6.07) is 0.358. The largest absolute Gasteiger partial charge is 0.337 e. The zero-order valence-electron chi connectivity index (χ0n) is 11.7. The molecule has 0 radical (unpaired) electrons. The highest BCUT2D eigenvalue weighted by molar-refractivity contribution is 8.00. The van der Waals surface area contributed by atoms with E-state index in [-0.39, 0.29) is 0 Å². The minimum absolute atomic E-state index is 0.307. The molecule has 98 valence electrons. The van der Waals surface area contributed by atoms with Gasteiger partial charge >= 0.3 is 0 Å². The third-order valence-corrected chi connectivity index (χ3v) is 3.87. The van der Waals surface area contributed by atoms with Gasteiger partial charge in [0.05, 0.1) is 18.1 Å². The van der Waals surface area contributed by atoms with Crippen molar-refractivity contribution in [2.75, 3.05) is 12.3 Å². The Morgan fingerprint density at radius 2 is 2.12 bits per heavy atom. The third kappa shape index (κ3) is 5.13. The van der Waals surface area contributed by atoms with E-state index in [0.717, 1.165) is 24.5 Å². The first-order valence-corrected chi connectivity index (χ1v) is 7.33. The zero-order chi connectivity index (χ0) is 12.9. The van der Waals surface area contributed by atoms with Crippen LogP contribution >= 0.6 is 11.8 Å². The molecule has 0 aliphatic carbocycles. The molecule has 17 heavy (non-hydrogen) atoms. The molecule has 1 N–H and O–H groups in total. The van der Waals surface area contributed by atoms with Gasteiger partial charge in [-0.2, -0.15) is 11.8 Å². The van der Waals surface area contributed by atoms with Gasteiger partial charge in [0, 0.05) is 23.2 Å². The van der Waals surface area contributed by atoms with Crippen LogP contribution in [-0.2, 0) is 6.54 Å². The van der Waals surface area contributed by atoms with Gasteiger partial charge in [-0.25, -0.2) is 4.98 Å². The van der Waals surface area contributed by atoms with E-state index in [2.05, 4.69) is 55.7 Å². The van der Waals surface area contributed by atoms with Crippen molar-refractivity contribution in [3.8, 4) is 0 Å². The number of hydrogen-bond donors (Lipinski definition) is 1. The molecule has 0 saturated carbocycles. The molecule has 1 aromatic heterocycles. The molecular formula is C13H25N3S. The fraction of sp³-hybridized carbons (Fsp3) is 0.769. The summed E-state index contributed by atoms with van der Waals surface area (Å²) in [5.41, 5.74) is 1.16. The van der Waals surface area contributed by atoms with Gasteiger partial charge in [-0.05, 0) is 13.5 Å². The molecule has 0 aliphatic rings. The number of hydrogen-bond acceptors (Lipinski definition) is 3. The lowest BCUT2D eigenvalue weighted by molar-refractivity contribution is 0.590. The Labute approximate surface area is 109 Å². The molecule has 0 amide bonds. The molecule has 1 heterocycles. The molecule has 1 aromatic rings. The van der Waals surface area contributed by atoms with Gasteiger partial charge in [0.2, 0.25) is 0 Å². The molecule has 1 unspecified atom stereocenters. The molecule has 0 aromatic carbocycles. The van der Waals surface area contributed by atoms with Crippen molar-refractivity contribution < 1.29 is 0 Å². The summed E-state index contributed by atoms with van der Waals surface area (Å²) in [7, 11) is 0. The Hall–Kier alpha value is -0.480. The van der Waals surface area contributed by atoms with E-state index >= 15 is 0 Å². The maximum absolute atomic E-state index is 4.49. The van der Waals surface area contributed by atoms with Crippen LogP contribution in [0.3, 0.4) is 0 Å². The van der Waals surface area contributed by atoms with Crippen LogP contribution in [0.25, 0.3) is 0 Å². The monoisotopic (exact) mass is 255 g/mol. The highest BCUT2D eigenvalue weighted by Gasteiger charge is 2.18. The van der Waals surface area contributed by atoms with Gasteiger partial charge in [0.25, 0.3) is 0 Å². The van der Waals surface area contributed by atoms with Crippen molar-refractivity contribution in [3.63, 3.8) is 0 Å². The Bertz CT molecular complexity index is 328. The fourth-order valence-electron chi connectivity index (χ4n) is 1.56. The first kappa shape index (κ1) is 14.6. The highest BCUT2D eigenvalue weighted by atomic mass is 32.2. The first-order chi connectivity index (χ1) is 7.96. The van der Waals surface area contributed by atoms with E-state index in [1.54, 1.807) is 0 Å². The second-order valence-electron chi connectivity index (χ2n) is 5.16. The SMILES string of the molecule is CCNC(CSC(C)(C)C)c1cn(CC)cn1. The summed E-state index contributed by atoms with van der Waals surface area (Å²) in [5.74, 6) is 1.07. The summed E-state index contributed by atoms with van der Waals surface area (Å²) in [4.78, 5) is 4.49. The molecule has 3 nitrogen and oxygen atoms in total. The van der Waals surface area contributed by atoms with Crippen molar-refractivity contribution in [2.24, 2.45) is 0 Å². The minimum atomic E-state index is 0.307. The molecule has 0 fully saturated rings. The van der Waals surface area contributed by atoms with Gasteiger partial charge in [0.1, 0.15) is 0 Å². The van der Waals surface area contributed by atoms with E-state index in [1.807, 2.05) is 18.1 Å². The van der Waals surface area contributed by atoms with E-state index in [0.29, 0.717) is 10.8 Å². The average Bonchev–Trinajstić information content (AvgIpc) is 2.71. The number of imidazole rings is 1. The average molecular weight is 255 g/mol. The number of thioether (sulfide) groups is 1. The van der Waals surface area contributed by atoms with Crippen LogP contribution in [0, 0.1) is 0 Å². The van der Waals surface area contributed by atoms with Crippen LogP contribution in [0.4, 0.5) is 0 Å². The number of rotatable bonds is 6. The lowest BCUT2D eigenvalue weighted by Crippen LogP contribution is -2.25. The van der Waals surface area contributed by atoms with Crippen molar-refractivity contribution in [2.45, 2.75) is 52.0 Å². The van der Waals surface area contributed by atoms with Crippen molar-refractivity contribution >= 4 is 11.8 Å². The summed E-state index contributed by atoms with van der Waals surface area (Å²) in [5, 5.41) is 3.51. The Morgan fingerprint density at radius 1 is 1.41 bits per heavy atom. The minimum Gasteiger partial charge on any atom is -0.337 e. The van der Waals surface area contributed by atoms with Gasteiger partial charge in [0.15, 0.2) is 0 Å². The molecule has 4 heteroatoms. The van der Waals surface area contributed by atoms with Crippen LogP contribution in [-0.4, -0.2) is 26.6 Å². The van der Waals surface area contributed by atoms with Crippen LogP contribution in [0.2, 0.25) is 0 Å². The van der Waals surface area contributed by atoms with Crippen LogP contribution < -0.4 is 5.32 Å². The molecule has 0 spiro atoms. The highest BCUT2D eigenvalue weighted by Crippen LogP contribution is 2.27. The van der Waals surface area contributed by atoms with E-state index < -0.39 is 0 Å². The summed E-state index contributed by atoms with van der Waals surface area (Å²) in [6.07, 6.45) is 4.07. The fourth-order valence-corrected chi connectivity index (χ4v) is 2.51. The van der Waals surface area contributed by atoms with Crippen molar-refractivity contribution in [1.82, 2.24) is 14.9 Å². The standard InChI is InChI=1S/C13H25N3S/c1-6-14-12(9-17-13(3,4)5)11-8-16(7-2)10-15-11/h8,10,12,14H,6-7,9H2,1-5H3. The second-order valence-corrected chi connectivity index (χ2v) is 7.01. The Morgan fingerprint density at radius 3 is 2.59 bits per heavy atom. The van der Waals surface area contributed by atoms with Crippen molar-refractivity contribution in [3.05, 3.63) is 18.2 Å². The summed E-state index contributed by atoms with van der Waals surface area (Å²) >= 11 is 1.98. The van der Waals surface area contributed by atoms with E-state index in [9.17, 15) is 0 Å². The summed E-state index contributed by atoms with van der Waals surface area (Å²) in [6.45, 7) is 13.0. The lowest BCUT2D eigenvalue weighted by Gasteiger charge is -2.22. The molecule has 0 saturated heterocycles. The molecule has 0 aliphatic heterocycles. The van der Waals surface area contributed by atoms with Gasteiger partial charge < -0.3 is 9.88 Å². The second kappa shape index (κ2) is 6.45. The van der Waals surface area contributed by atoms with E-state index in [1.165, 1.54) is 0 Å². The number of aryl methyl sites for hydroxylation is 1. The molecule has 1 rings (SSSR count). The first-order valence-electron chi connectivity index (χ1n) is 6.35. The number of aromatic nitrogens is 2. The van der Waals surface area contributed by atoms with Gasteiger partial charge in [-0.15, -0.1) is 0 Å². The van der Waals surface area contributed by atoms with Crippen molar-refractivity contribution in [1.29, 1.82) is 0 Å². The maximum Gasteiger partial charge on any atom is 0.0950 e. The van der Waals surface area contributed by atoms with E-state index in [4.69, 9.17) is 0 Å². The topological polar surface area (TPSA) is 29.9 Å². The predicted molar refractivity (Wildman–Crippen MR) is 76.5 cm³/mol. The smallest absolute Gasteiger partial charge is 0.0950 e. The van der Waals surface area contributed by atoms with Gasteiger partial charge in [-0.1, -0.05) is 27.7 Å². The maximum atomic E-state index is 4.49. The lowest BCUT2D eigenvalue weighted by atomic mass is 10.2. The van der Waals surface area contributed by atoms with Crippen LogP contribution in [0.5, 0.6) is 0 Å². The Balaban J connectivity index is 2.64. The Kier molecular flexibility index (Phi) is 5.53. The third-order valence-electron chi connectivity index (χ3n) is 2.51. The normalized spacial score (nSPS) is 13.9. The number of nitrogens with zero attached hydrogens (tertiary/aromatic N) is 2. The molecule has 1 atom stereocenters. The summed E-state index contributed by atoms with van der Waals surface area (Å²) < 4.78 is 2.43. The van der Waals surface area contributed by atoms with Crippen LogP contribution in [0.15, 0.2) is 12.5 Å². The molecular weight excluding hydrogens is 230 g/mol. The quantitative estimate of drug-likeness (QED) is 0.847. The predicted octanol–water partition coefficient (Wildman–Crippen LogP) is 3.09. The molecule has 0 bridgehead atoms. The zero-order valence-corrected chi connectivity index (χ0v) is 12.5.